The van der Waals surface area contributed by atoms with Crippen LogP contribution in [0.1, 0.15) is 5.82 Å². The number of rotatable bonds is 5. The van der Waals surface area contributed by atoms with Gasteiger partial charge in [-0.2, -0.15) is 0 Å². The van der Waals surface area contributed by atoms with E-state index in [4.69, 9.17) is 21.1 Å². The number of methoxy groups -OCH3 is 2. The first-order valence-electron chi connectivity index (χ1n) is 7.91. The van der Waals surface area contributed by atoms with E-state index in [0.29, 0.717) is 39.0 Å². The smallest absolute Gasteiger partial charge is 0.258 e. The molecule has 0 radical (unpaired) electrons. The highest BCUT2D eigenvalue weighted by molar-refractivity contribution is 8.00. The predicted molar refractivity (Wildman–Crippen MR) is 110 cm³/mol. The lowest BCUT2D eigenvalue weighted by Crippen LogP contribution is -2.11. The molecule has 4 aromatic rings. The second-order valence-corrected chi connectivity index (χ2v) is 8.31. The van der Waals surface area contributed by atoms with E-state index in [-0.39, 0.29) is 5.56 Å². The van der Waals surface area contributed by atoms with Crippen molar-refractivity contribution in [2.75, 3.05) is 14.2 Å². The van der Waals surface area contributed by atoms with Crippen molar-refractivity contribution in [3.8, 4) is 11.5 Å². The standard InChI is InChI=1S/C18H14ClN3O3S2/c1-24-13-6-10-12(7-14(13)25-2)20-16(22-17(10)23)8-26-18-21-11-4-3-9(19)5-15(11)27-18/h3-7H,8H2,1-2H3,(H,20,22,23). The molecule has 2 heterocycles. The lowest BCUT2D eigenvalue weighted by Gasteiger charge is -2.09. The molecule has 27 heavy (non-hydrogen) atoms. The summed E-state index contributed by atoms with van der Waals surface area (Å²) in [7, 11) is 3.08. The van der Waals surface area contributed by atoms with E-state index in [9.17, 15) is 4.79 Å². The zero-order chi connectivity index (χ0) is 19.0. The Morgan fingerprint density at radius 2 is 1.89 bits per heavy atom. The highest BCUT2D eigenvalue weighted by Gasteiger charge is 2.12. The molecule has 138 valence electrons. The minimum absolute atomic E-state index is 0.215. The first-order valence-corrected chi connectivity index (χ1v) is 10.1. The van der Waals surface area contributed by atoms with Crippen LogP contribution >= 0.6 is 34.7 Å². The van der Waals surface area contributed by atoms with Crippen LogP contribution in [-0.2, 0) is 5.75 Å². The van der Waals surface area contributed by atoms with Gasteiger partial charge in [-0.15, -0.1) is 11.3 Å². The lowest BCUT2D eigenvalue weighted by molar-refractivity contribution is 0.355. The van der Waals surface area contributed by atoms with Crippen LogP contribution in [0.15, 0.2) is 39.5 Å². The van der Waals surface area contributed by atoms with Crippen molar-refractivity contribution in [2.24, 2.45) is 0 Å². The van der Waals surface area contributed by atoms with Gasteiger partial charge in [-0.1, -0.05) is 23.4 Å². The minimum atomic E-state index is -0.215. The Morgan fingerprint density at radius 3 is 2.67 bits per heavy atom. The molecule has 0 aliphatic carbocycles. The van der Waals surface area contributed by atoms with Crippen LogP contribution in [-0.4, -0.2) is 29.2 Å². The quantitative estimate of drug-likeness (QED) is 0.480. The number of thiazole rings is 1. The SMILES string of the molecule is COc1cc2nc(CSc3nc4ccc(Cl)cc4s3)[nH]c(=O)c2cc1OC. The number of hydrogen-bond donors (Lipinski definition) is 1. The Morgan fingerprint density at radius 1 is 1.11 bits per heavy atom. The highest BCUT2D eigenvalue weighted by atomic mass is 35.5. The molecule has 0 fully saturated rings. The van der Waals surface area contributed by atoms with Crippen LogP contribution < -0.4 is 15.0 Å². The Labute approximate surface area is 167 Å². The van der Waals surface area contributed by atoms with Crippen LogP contribution in [0.4, 0.5) is 0 Å². The monoisotopic (exact) mass is 419 g/mol. The van der Waals surface area contributed by atoms with E-state index in [1.54, 1.807) is 30.6 Å². The van der Waals surface area contributed by atoms with Gasteiger partial charge >= 0.3 is 0 Å². The number of aromatic amines is 1. The van der Waals surface area contributed by atoms with Gasteiger partial charge < -0.3 is 14.5 Å². The van der Waals surface area contributed by atoms with E-state index in [1.807, 2.05) is 18.2 Å². The van der Waals surface area contributed by atoms with Gasteiger partial charge in [-0.3, -0.25) is 4.79 Å². The van der Waals surface area contributed by atoms with Crippen molar-refractivity contribution >= 4 is 55.8 Å². The second-order valence-electron chi connectivity index (χ2n) is 5.62. The average molecular weight is 420 g/mol. The molecule has 1 N–H and O–H groups in total. The number of benzene rings is 2. The summed E-state index contributed by atoms with van der Waals surface area (Å²) in [6, 6.07) is 8.95. The van der Waals surface area contributed by atoms with Crippen LogP contribution in [0.2, 0.25) is 5.02 Å². The van der Waals surface area contributed by atoms with Crippen molar-refractivity contribution in [3.05, 3.63) is 51.5 Å². The van der Waals surface area contributed by atoms with Gasteiger partial charge in [0.2, 0.25) is 0 Å². The third-order valence-electron chi connectivity index (χ3n) is 3.92. The predicted octanol–water partition coefficient (Wildman–Crippen LogP) is 4.50. The summed E-state index contributed by atoms with van der Waals surface area (Å²) in [5, 5.41) is 1.14. The molecular weight excluding hydrogens is 406 g/mol. The van der Waals surface area contributed by atoms with Crippen LogP contribution in [0.3, 0.4) is 0 Å². The van der Waals surface area contributed by atoms with E-state index in [2.05, 4.69) is 15.0 Å². The average Bonchev–Trinajstić information content (AvgIpc) is 3.07. The minimum Gasteiger partial charge on any atom is -0.493 e. The van der Waals surface area contributed by atoms with Gasteiger partial charge in [-0.25, -0.2) is 9.97 Å². The number of aromatic nitrogens is 3. The zero-order valence-electron chi connectivity index (χ0n) is 14.4. The fraction of sp³-hybridized carbons (Fsp3) is 0.167. The summed E-state index contributed by atoms with van der Waals surface area (Å²) >= 11 is 9.10. The van der Waals surface area contributed by atoms with Crippen LogP contribution in [0.25, 0.3) is 21.1 Å². The molecule has 0 saturated heterocycles. The number of nitrogens with one attached hydrogen (secondary N) is 1. The molecule has 0 aliphatic rings. The number of fused-ring (bicyclic) bond motifs is 2. The number of thioether (sulfide) groups is 1. The van der Waals surface area contributed by atoms with Crippen LogP contribution in [0.5, 0.6) is 11.5 Å². The molecule has 0 spiro atoms. The first-order chi connectivity index (χ1) is 13.1. The number of nitrogens with zero attached hydrogens (tertiary/aromatic N) is 2. The number of hydrogen-bond acceptors (Lipinski definition) is 7. The summed E-state index contributed by atoms with van der Waals surface area (Å²) in [4.78, 5) is 24.4. The molecule has 6 nitrogen and oxygen atoms in total. The van der Waals surface area contributed by atoms with E-state index in [1.165, 1.54) is 18.9 Å². The summed E-state index contributed by atoms with van der Waals surface area (Å²) in [5.41, 5.74) is 1.25. The summed E-state index contributed by atoms with van der Waals surface area (Å²) < 4.78 is 12.5. The van der Waals surface area contributed by atoms with Crippen molar-refractivity contribution in [1.82, 2.24) is 15.0 Å². The van der Waals surface area contributed by atoms with E-state index >= 15 is 0 Å². The van der Waals surface area contributed by atoms with Gasteiger partial charge in [-0.05, 0) is 24.3 Å². The maximum Gasteiger partial charge on any atom is 0.258 e. The molecule has 2 aromatic carbocycles. The Bertz CT molecular complexity index is 1210. The summed E-state index contributed by atoms with van der Waals surface area (Å²) in [6.45, 7) is 0. The number of halogens is 1. The zero-order valence-corrected chi connectivity index (χ0v) is 16.8. The molecule has 4 rings (SSSR count). The van der Waals surface area contributed by atoms with Crippen molar-refractivity contribution < 1.29 is 9.47 Å². The van der Waals surface area contributed by atoms with Gasteiger partial charge in [0.05, 0.1) is 41.1 Å². The molecule has 0 unspecified atom stereocenters. The van der Waals surface area contributed by atoms with E-state index in [0.717, 1.165) is 14.6 Å². The fourth-order valence-corrected chi connectivity index (χ4v) is 4.87. The molecule has 9 heteroatoms. The first kappa shape index (κ1) is 18.1. The molecule has 0 saturated carbocycles. The van der Waals surface area contributed by atoms with Gasteiger partial charge in [0.1, 0.15) is 5.82 Å². The maximum absolute atomic E-state index is 12.4. The summed E-state index contributed by atoms with van der Waals surface area (Å²) in [5.74, 6) is 2.09. The molecular formula is C18H14ClN3O3S2. The molecule has 0 amide bonds. The van der Waals surface area contributed by atoms with Crippen LogP contribution in [0, 0.1) is 0 Å². The molecule has 0 atom stereocenters. The number of H-pyrrole nitrogens is 1. The normalized spacial score (nSPS) is 11.2. The number of ether oxygens (including phenoxy) is 2. The molecule has 0 bridgehead atoms. The van der Waals surface area contributed by atoms with Gasteiger partial charge in [0, 0.05) is 11.1 Å². The molecule has 0 aliphatic heterocycles. The lowest BCUT2D eigenvalue weighted by atomic mass is 10.2. The fourth-order valence-electron chi connectivity index (χ4n) is 2.65. The highest BCUT2D eigenvalue weighted by Crippen LogP contribution is 2.33. The van der Waals surface area contributed by atoms with Crippen molar-refractivity contribution in [2.45, 2.75) is 10.1 Å². The third-order valence-corrected chi connectivity index (χ3v) is 6.33. The summed E-state index contributed by atoms with van der Waals surface area (Å²) in [6.07, 6.45) is 0. The Kier molecular flexibility index (Phi) is 4.94. The van der Waals surface area contributed by atoms with Gasteiger partial charge in [0.25, 0.3) is 5.56 Å². The van der Waals surface area contributed by atoms with E-state index < -0.39 is 0 Å². The largest absolute Gasteiger partial charge is 0.493 e. The Balaban J connectivity index is 1.63. The topological polar surface area (TPSA) is 77.1 Å². The van der Waals surface area contributed by atoms with Crippen molar-refractivity contribution in [3.63, 3.8) is 0 Å². The maximum atomic E-state index is 12.4. The van der Waals surface area contributed by atoms with Crippen molar-refractivity contribution in [1.29, 1.82) is 0 Å². The second kappa shape index (κ2) is 7.38. The Hall–Kier alpha value is -2.29. The van der Waals surface area contributed by atoms with Gasteiger partial charge in [0.15, 0.2) is 15.8 Å². The third kappa shape index (κ3) is 3.60. The molecule has 2 aromatic heterocycles.